The van der Waals surface area contributed by atoms with Crippen LogP contribution in [0.1, 0.15) is 5.56 Å². The van der Waals surface area contributed by atoms with Crippen molar-refractivity contribution >= 4 is 28.6 Å². The summed E-state index contributed by atoms with van der Waals surface area (Å²) in [5, 5.41) is 6.01. The maximum atomic E-state index is 6.05. The molecule has 0 fully saturated rings. The largest absolute Gasteiger partial charge is 0.368 e. The summed E-state index contributed by atoms with van der Waals surface area (Å²) in [5.74, 6) is 1.74. The number of hydrogen-bond acceptors (Lipinski definition) is 6. The number of thioether (sulfide) groups is 1. The van der Waals surface area contributed by atoms with Crippen LogP contribution in [0.2, 0.25) is 0 Å². The van der Waals surface area contributed by atoms with Gasteiger partial charge in [-0.1, -0.05) is 54.2 Å². The number of hydrogen-bond donors (Lipinski definition) is 1. The van der Waals surface area contributed by atoms with Gasteiger partial charge in [0.25, 0.3) is 0 Å². The van der Waals surface area contributed by atoms with E-state index < -0.39 is 0 Å². The number of para-hydroxylation sites is 1. The Balaban J connectivity index is 1.66. The predicted molar refractivity (Wildman–Crippen MR) is 94.9 cm³/mol. The van der Waals surface area contributed by atoms with E-state index in [1.165, 1.54) is 11.9 Å². The molecule has 0 saturated heterocycles. The Morgan fingerprint density at radius 2 is 1.75 bits per heavy atom. The Morgan fingerprint density at radius 1 is 0.958 bits per heavy atom. The summed E-state index contributed by atoms with van der Waals surface area (Å²) in [6.07, 6.45) is 1.51. The molecule has 0 unspecified atom stereocenters. The van der Waals surface area contributed by atoms with Crippen LogP contribution in [-0.2, 0) is 5.75 Å². The van der Waals surface area contributed by atoms with Crippen LogP contribution in [-0.4, -0.2) is 24.7 Å². The summed E-state index contributed by atoms with van der Waals surface area (Å²) in [4.78, 5) is 12.9. The molecule has 2 N–H and O–H groups in total. The molecule has 0 atom stereocenters. The fourth-order valence-electron chi connectivity index (χ4n) is 2.40. The number of benzene rings is 2. The van der Waals surface area contributed by atoms with Crippen molar-refractivity contribution in [1.29, 1.82) is 0 Å². The van der Waals surface area contributed by atoms with Gasteiger partial charge in [-0.2, -0.15) is 9.67 Å². The van der Waals surface area contributed by atoms with E-state index in [4.69, 9.17) is 5.73 Å². The van der Waals surface area contributed by atoms with Gasteiger partial charge >= 0.3 is 0 Å². The molecule has 0 spiro atoms. The molecule has 0 radical (unpaired) electrons. The van der Waals surface area contributed by atoms with E-state index in [1.807, 2.05) is 42.5 Å². The van der Waals surface area contributed by atoms with E-state index >= 15 is 0 Å². The molecule has 0 amide bonds. The lowest BCUT2D eigenvalue weighted by Gasteiger charge is -2.04. The Bertz CT molecular complexity index is 977. The van der Waals surface area contributed by atoms with Gasteiger partial charge in [0.2, 0.25) is 11.1 Å². The summed E-state index contributed by atoms with van der Waals surface area (Å²) < 4.78 is 1.57. The highest BCUT2D eigenvalue weighted by molar-refractivity contribution is 7.98. The molecule has 0 aliphatic carbocycles. The van der Waals surface area contributed by atoms with Crippen molar-refractivity contribution in [1.82, 2.24) is 24.7 Å². The predicted octanol–water partition coefficient (Wildman–Crippen LogP) is 3.09. The Labute approximate surface area is 142 Å². The molecule has 4 rings (SSSR count). The number of anilines is 1. The van der Waals surface area contributed by atoms with Crippen molar-refractivity contribution in [3.63, 3.8) is 0 Å². The molecule has 0 bridgehead atoms. The molecule has 0 aliphatic rings. The first-order valence-corrected chi connectivity index (χ1v) is 8.39. The average Bonchev–Trinajstić information content (AvgIpc) is 3.01. The third-order valence-electron chi connectivity index (χ3n) is 3.55. The van der Waals surface area contributed by atoms with Crippen LogP contribution in [0, 0.1) is 0 Å². The second kappa shape index (κ2) is 6.29. The molecule has 118 valence electrons. The normalized spacial score (nSPS) is 11.0. The third-order valence-corrected chi connectivity index (χ3v) is 4.45. The first-order chi connectivity index (χ1) is 11.8. The topological polar surface area (TPSA) is 82.5 Å². The second-order valence-corrected chi connectivity index (χ2v) is 6.10. The fraction of sp³-hybridized carbons (Fsp3) is 0.0588. The lowest BCUT2D eigenvalue weighted by Crippen LogP contribution is -2.05. The quantitative estimate of drug-likeness (QED) is 0.578. The molecular formula is C17H14N6S. The van der Waals surface area contributed by atoms with Gasteiger partial charge in [0.15, 0.2) is 5.82 Å². The van der Waals surface area contributed by atoms with Crippen molar-refractivity contribution < 1.29 is 0 Å². The molecule has 2 aromatic carbocycles. The van der Waals surface area contributed by atoms with Gasteiger partial charge in [-0.05, 0) is 17.7 Å². The average molecular weight is 334 g/mol. The SMILES string of the molecule is Nc1nc(SCc2ccccc2)nn1-c1ncnc2ccccc12. The van der Waals surface area contributed by atoms with Crippen molar-refractivity contribution in [2.45, 2.75) is 10.9 Å². The van der Waals surface area contributed by atoms with Gasteiger partial charge in [-0.3, -0.25) is 0 Å². The van der Waals surface area contributed by atoms with E-state index in [9.17, 15) is 0 Å². The van der Waals surface area contributed by atoms with Crippen molar-refractivity contribution in [2.75, 3.05) is 5.73 Å². The molecule has 2 heterocycles. The zero-order valence-electron chi connectivity index (χ0n) is 12.7. The van der Waals surface area contributed by atoms with Crippen LogP contribution in [0.15, 0.2) is 66.1 Å². The van der Waals surface area contributed by atoms with Crippen LogP contribution in [0.5, 0.6) is 0 Å². The summed E-state index contributed by atoms with van der Waals surface area (Å²) in [6, 6.07) is 17.9. The Hall–Kier alpha value is -2.93. The highest BCUT2D eigenvalue weighted by Crippen LogP contribution is 2.24. The van der Waals surface area contributed by atoms with Crippen LogP contribution in [0.3, 0.4) is 0 Å². The molecule has 0 aliphatic heterocycles. The van der Waals surface area contributed by atoms with E-state index in [-0.39, 0.29) is 0 Å². The smallest absolute Gasteiger partial charge is 0.225 e. The van der Waals surface area contributed by atoms with Gasteiger partial charge in [0.05, 0.1) is 5.52 Å². The fourth-order valence-corrected chi connectivity index (χ4v) is 3.19. The second-order valence-electron chi connectivity index (χ2n) is 5.15. The minimum absolute atomic E-state index is 0.314. The number of fused-ring (bicyclic) bond motifs is 1. The number of rotatable bonds is 4. The summed E-state index contributed by atoms with van der Waals surface area (Å²) in [5.41, 5.74) is 8.11. The van der Waals surface area contributed by atoms with Gasteiger partial charge < -0.3 is 5.73 Å². The Morgan fingerprint density at radius 3 is 2.62 bits per heavy atom. The van der Waals surface area contributed by atoms with Crippen molar-refractivity contribution in [3.05, 3.63) is 66.5 Å². The van der Waals surface area contributed by atoms with E-state index in [0.717, 1.165) is 16.7 Å². The maximum Gasteiger partial charge on any atom is 0.225 e. The van der Waals surface area contributed by atoms with E-state index in [2.05, 4.69) is 32.2 Å². The van der Waals surface area contributed by atoms with E-state index in [0.29, 0.717) is 16.9 Å². The summed E-state index contributed by atoms with van der Waals surface area (Å²) >= 11 is 1.54. The van der Waals surface area contributed by atoms with E-state index in [1.54, 1.807) is 16.4 Å². The molecular weight excluding hydrogens is 320 g/mol. The maximum absolute atomic E-state index is 6.05. The molecule has 4 aromatic rings. The standard InChI is InChI=1S/C17H14N6S/c18-16-21-17(24-10-12-6-2-1-3-7-12)22-23(16)15-13-8-4-5-9-14(13)19-11-20-15/h1-9,11H,10H2,(H2,18,21,22). The molecule has 7 heteroatoms. The van der Waals surface area contributed by atoms with Crippen molar-refractivity contribution in [3.8, 4) is 5.82 Å². The molecule has 6 nitrogen and oxygen atoms in total. The highest BCUT2D eigenvalue weighted by atomic mass is 32.2. The summed E-state index contributed by atoms with van der Waals surface area (Å²) in [6.45, 7) is 0. The minimum Gasteiger partial charge on any atom is -0.368 e. The lowest BCUT2D eigenvalue weighted by molar-refractivity contribution is 0.819. The third kappa shape index (κ3) is 2.81. The first kappa shape index (κ1) is 14.6. The van der Waals surface area contributed by atoms with Crippen LogP contribution in [0.25, 0.3) is 16.7 Å². The highest BCUT2D eigenvalue weighted by Gasteiger charge is 2.13. The number of nitrogens with two attached hydrogens (primary N) is 1. The molecule has 24 heavy (non-hydrogen) atoms. The van der Waals surface area contributed by atoms with Crippen LogP contribution >= 0.6 is 11.8 Å². The molecule has 2 aromatic heterocycles. The zero-order valence-corrected chi connectivity index (χ0v) is 13.5. The number of aromatic nitrogens is 5. The Kier molecular flexibility index (Phi) is 3.84. The van der Waals surface area contributed by atoms with Gasteiger partial charge in [0, 0.05) is 11.1 Å². The van der Waals surface area contributed by atoms with Gasteiger partial charge in [-0.25, -0.2) is 9.97 Å². The van der Waals surface area contributed by atoms with Crippen LogP contribution < -0.4 is 5.73 Å². The van der Waals surface area contributed by atoms with Crippen LogP contribution in [0.4, 0.5) is 5.95 Å². The summed E-state index contributed by atoms with van der Waals surface area (Å²) in [7, 11) is 0. The van der Waals surface area contributed by atoms with Gasteiger partial charge in [-0.15, -0.1) is 5.10 Å². The van der Waals surface area contributed by atoms with Gasteiger partial charge in [0.1, 0.15) is 6.33 Å². The van der Waals surface area contributed by atoms with Crippen molar-refractivity contribution in [2.24, 2.45) is 0 Å². The monoisotopic (exact) mass is 334 g/mol. The minimum atomic E-state index is 0.314. The number of nitrogens with zero attached hydrogens (tertiary/aromatic N) is 5. The number of nitrogen functional groups attached to an aromatic ring is 1. The zero-order chi connectivity index (χ0) is 16.4. The first-order valence-electron chi connectivity index (χ1n) is 7.40. The molecule has 0 saturated carbocycles. The lowest BCUT2D eigenvalue weighted by atomic mass is 10.2.